The number of nitrogens with two attached hydrogens (primary N) is 2. The zero-order valence-electron chi connectivity index (χ0n) is 21.6. The molecule has 0 aliphatic rings. The summed E-state index contributed by atoms with van der Waals surface area (Å²) in [6, 6.07) is -0.145. The third-order valence-electron chi connectivity index (χ3n) is 5.72. The molecule has 14 heteroatoms. The number of hydrogen-bond donors (Lipinski definition) is 9. The van der Waals surface area contributed by atoms with Crippen LogP contribution >= 0.6 is 0 Å². The Balaban J connectivity index is 2.82. The van der Waals surface area contributed by atoms with Crippen LogP contribution in [0.5, 0.6) is 5.75 Å². The fourth-order valence-electron chi connectivity index (χ4n) is 3.37. The summed E-state index contributed by atoms with van der Waals surface area (Å²) in [4.78, 5) is 61.9. The van der Waals surface area contributed by atoms with Crippen molar-refractivity contribution in [2.45, 2.75) is 76.3 Å². The maximum absolute atomic E-state index is 12.8. The molecule has 1 aromatic carbocycles. The van der Waals surface area contributed by atoms with Crippen molar-refractivity contribution in [1.29, 1.82) is 0 Å². The van der Waals surface area contributed by atoms with Crippen LogP contribution in [0.2, 0.25) is 0 Å². The lowest BCUT2D eigenvalue weighted by Gasteiger charge is -2.26. The fourth-order valence-corrected chi connectivity index (χ4v) is 3.37. The van der Waals surface area contributed by atoms with Gasteiger partial charge in [-0.3, -0.25) is 24.0 Å². The minimum absolute atomic E-state index is 0.0433. The van der Waals surface area contributed by atoms with E-state index in [0.717, 1.165) is 0 Å². The van der Waals surface area contributed by atoms with Crippen molar-refractivity contribution in [1.82, 2.24) is 21.3 Å². The van der Waals surface area contributed by atoms with E-state index in [9.17, 15) is 39.3 Å². The first-order valence-corrected chi connectivity index (χ1v) is 12.2. The van der Waals surface area contributed by atoms with E-state index in [0.29, 0.717) is 5.56 Å². The zero-order valence-corrected chi connectivity index (χ0v) is 21.6. The van der Waals surface area contributed by atoms with Gasteiger partial charge in [0.15, 0.2) is 0 Å². The molecular weight excluding hydrogens is 500 g/mol. The van der Waals surface area contributed by atoms with Gasteiger partial charge in [0.25, 0.3) is 0 Å². The number of aliphatic hydroxyl groups is 2. The Morgan fingerprint density at radius 1 is 0.816 bits per heavy atom. The molecule has 1 aromatic rings. The highest BCUT2D eigenvalue weighted by atomic mass is 16.3. The normalized spacial score (nSPS) is 15.6. The van der Waals surface area contributed by atoms with Gasteiger partial charge in [0.2, 0.25) is 29.5 Å². The van der Waals surface area contributed by atoms with Crippen molar-refractivity contribution in [3.05, 3.63) is 29.8 Å². The van der Waals surface area contributed by atoms with Crippen LogP contribution < -0.4 is 32.7 Å². The molecule has 5 amide bonds. The molecule has 14 nitrogen and oxygen atoms in total. The molecule has 2 unspecified atom stereocenters. The molecule has 0 aromatic heterocycles. The van der Waals surface area contributed by atoms with Crippen molar-refractivity contribution in [2.75, 3.05) is 6.61 Å². The van der Waals surface area contributed by atoms with Crippen molar-refractivity contribution in [3.63, 3.8) is 0 Å². The van der Waals surface area contributed by atoms with Crippen LogP contribution in [0.4, 0.5) is 0 Å². The SMILES string of the molecule is CCC(NC(=O)[C@H](CC)NC(=O)[C@H](CO)NC(=O)[C@@H](NC(=O)[C@@H](N)Cc1ccc(O)cc1)C(C)O)C(N)=O. The van der Waals surface area contributed by atoms with Crippen molar-refractivity contribution < 1.29 is 39.3 Å². The number of carbonyl (C=O) groups excluding carboxylic acids is 5. The van der Waals surface area contributed by atoms with Gasteiger partial charge in [0.05, 0.1) is 18.8 Å². The number of carbonyl (C=O) groups is 5. The Labute approximate surface area is 220 Å². The van der Waals surface area contributed by atoms with Crippen LogP contribution in [-0.4, -0.2) is 87.8 Å². The number of phenolic OH excluding ortho intramolecular Hbond substituents is 1. The highest BCUT2D eigenvalue weighted by Gasteiger charge is 2.32. The fraction of sp³-hybridized carbons (Fsp3) is 0.542. The Morgan fingerprint density at radius 2 is 1.32 bits per heavy atom. The van der Waals surface area contributed by atoms with Crippen LogP contribution in [0.25, 0.3) is 0 Å². The highest BCUT2D eigenvalue weighted by Crippen LogP contribution is 2.11. The molecule has 212 valence electrons. The third kappa shape index (κ3) is 9.95. The van der Waals surface area contributed by atoms with E-state index in [1.54, 1.807) is 26.0 Å². The first-order chi connectivity index (χ1) is 17.8. The van der Waals surface area contributed by atoms with Crippen LogP contribution in [0, 0.1) is 0 Å². The molecule has 0 radical (unpaired) electrons. The Morgan fingerprint density at radius 3 is 1.79 bits per heavy atom. The second kappa shape index (κ2) is 15.5. The maximum Gasteiger partial charge on any atom is 0.245 e. The second-order valence-electron chi connectivity index (χ2n) is 8.79. The van der Waals surface area contributed by atoms with Gasteiger partial charge in [0, 0.05) is 0 Å². The van der Waals surface area contributed by atoms with E-state index in [2.05, 4.69) is 21.3 Å². The summed E-state index contributed by atoms with van der Waals surface area (Å²) in [5.41, 5.74) is 11.8. The molecule has 0 saturated carbocycles. The number of aliphatic hydroxyl groups excluding tert-OH is 2. The molecule has 0 aliphatic heterocycles. The molecule has 0 bridgehead atoms. The Hall–Kier alpha value is -3.75. The van der Waals surface area contributed by atoms with E-state index in [-0.39, 0.29) is 25.0 Å². The lowest BCUT2D eigenvalue weighted by Crippen LogP contribution is -2.61. The summed E-state index contributed by atoms with van der Waals surface area (Å²) >= 11 is 0. The standard InChI is InChI=1S/C24H38N6O8/c1-4-16(20(26)34)27-22(36)17(5-2)28-23(37)18(11-31)29-24(38)19(12(3)32)30-21(35)15(25)10-13-6-8-14(33)9-7-13/h6-9,12,15-19,31-33H,4-5,10-11,25H2,1-3H3,(H2,26,34)(H,27,36)(H,28,37)(H,29,38)(H,30,35)/t12?,15-,16?,17-,18-,19-/m0/s1. The molecule has 0 spiro atoms. The molecule has 11 N–H and O–H groups in total. The van der Waals surface area contributed by atoms with Gasteiger partial charge >= 0.3 is 0 Å². The number of hydrogen-bond acceptors (Lipinski definition) is 9. The van der Waals surface area contributed by atoms with Crippen LogP contribution in [0.3, 0.4) is 0 Å². The average molecular weight is 539 g/mol. The van der Waals surface area contributed by atoms with Crippen molar-refractivity contribution in [2.24, 2.45) is 11.5 Å². The number of nitrogens with one attached hydrogen (secondary N) is 4. The topological polar surface area (TPSA) is 246 Å². The number of benzene rings is 1. The molecule has 38 heavy (non-hydrogen) atoms. The molecule has 0 saturated heterocycles. The molecular formula is C24H38N6O8. The monoisotopic (exact) mass is 538 g/mol. The molecule has 0 aliphatic carbocycles. The van der Waals surface area contributed by atoms with Gasteiger partial charge in [-0.05, 0) is 43.9 Å². The quantitative estimate of drug-likeness (QED) is 0.109. The average Bonchev–Trinajstić information content (AvgIpc) is 2.87. The Bertz CT molecular complexity index is 971. The minimum Gasteiger partial charge on any atom is -0.508 e. The van der Waals surface area contributed by atoms with E-state index >= 15 is 0 Å². The predicted molar refractivity (Wildman–Crippen MR) is 136 cm³/mol. The van der Waals surface area contributed by atoms with Gasteiger partial charge < -0.3 is 48.1 Å². The van der Waals surface area contributed by atoms with Gasteiger partial charge in [-0.1, -0.05) is 26.0 Å². The number of aromatic hydroxyl groups is 1. The van der Waals surface area contributed by atoms with Crippen LogP contribution in [0.15, 0.2) is 24.3 Å². The van der Waals surface area contributed by atoms with Gasteiger partial charge in [-0.2, -0.15) is 0 Å². The smallest absolute Gasteiger partial charge is 0.245 e. The van der Waals surface area contributed by atoms with Gasteiger partial charge in [0.1, 0.15) is 29.9 Å². The Kier molecular flexibility index (Phi) is 13.2. The first-order valence-electron chi connectivity index (χ1n) is 12.2. The second-order valence-corrected chi connectivity index (χ2v) is 8.79. The molecule has 0 heterocycles. The lowest BCUT2D eigenvalue weighted by molar-refractivity contribution is -0.136. The summed E-state index contributed by atoms with van der Waals surface area (Å²) in [7, 11) is 0. The molecule has 6 atom stereocenters. The predicted octanol–water partition coefficient (Wildman–Crippen LogP) is -3.12. The van der Waals surface area contributed by atoms with E-state index in [1.807, 2.05) is 0 Å². The van der Waals surface area contributed by atoms with Crippen LogP contribution in [-0.2, 0) is 30.4 Å². The van der Waals surface area contributed by atoms with E-state index in [1.165, 1.54) is 19.1 Å². The maximum atomic E-state index is 12.8. The summed E-state index contributed by atoms with van der Waals surface area (Å²) in [5.74, 6) is -4.01. The van der Waals surface area contributed by atoms with Gasteiger partial charge in [-0.25, -0.2) is 0 Å². The van der Waals surface area contributed by atoms with Crippen molar-refractivity contribution in [3.8, 4) is 5.75 Å². The van der Waals surface area contributed by atoms with E-state index in [4.69, 9.17) is 11.5 Å². The largest absolute Gasteiger partial charge is 0.508 e. The summed E-state index contributed by atoms with van der Waals surface area (Å²) in [6.45, 7) is 3.63. The van der Waals surface area contributed by atoms with Crippen LogP contribution in [0.1, 0.15) is 39.2 Å². The zero-order chi connectivity index (χ0) is 29.0. The number of primary amides is 1. The summed E-state index contributed by atoms with van der Waals surface area (Å²) < 4.78 is 0. The molecule has 1 rings (SSSR count). The highest BCUT2D eigenvalue weighted by molar-refractivity contribution is 5.96. The first kappa shape index (κ1) is 32.3. The van der Waals surface area contributed by atoms with E-state index < -0.39 is 72.5 Å². The number of rotatable bonds is 15. The minimum atomic E-state index is -1.52. The number of phenols is 1. The lowest BCUT2D eigenvalue weighted by atomic mass is 10.0. The summed E-state index contributed by atoms with van der Waals surface area (Å²) in [5, 5.41) is 38.5. The van der Waals surface area contributed by atoms with Crippen molar-refractivity contribution >= 4 is 29.5 Å². The third-order valence-corrected chi connectivity index (χ3v) is 5.72. The molecule has 0 fully saturated rings. The summed E-state index contributed by atoms with van der Waals surface area (Å²) in [6.07, 6.45) is -0.941. The van der Waals surface area contributed by atoms with Gasteiger partial charge in [-0.15, -0.1) is 0 Å². The number of amides is 5.